The zero-order chi connectivity index (χ0) is 22.7. The van der Waals surface area contributed by atoms with Crippen molar-refractivity contribution in [2.45, 2.75) is 44.7 Å². The fraction of sp³-hybridized carbons (Fsp3) is 0.435. The summed E-state index contributed by atoms with van der Waals surface area (Å²) in [6.07, 6.45) is 2.06. The summed E-state index contributed by atoms with van der Waals surface area (Å²) >= 11 is 0. The number of halogens is 3. The van der Waals surface area contributed by atoms with Crippen molar-refractivity contribution in [3.8, 4) is 0 Å². The number of aryl methyl sites for hydroxylation is 1. The van der Waals surface area contributed by atoms with Gasteiger partial charge in [-0.05, 0) is 38.0 Å². The van der Waals surface area contributed by atoms with E-state index in [0.717, 1.165) is 17.2 Å². The number of nitrogens with zero attached hydrogens (tertiary/aromatic N) is 3. The number of rotatable bonds is 6. The molecule has 9 heteroatoms. The van der Waals surface area contributed by atoms with Crippen LogP contribution in [0.25, 0.3) is 10.8 Å². The number of nitrogens with one attached hydrogen (secondary N) is 1. The minimum atomic E-state index is -2.92. The number of hydrogen-bond acceptors (Lipinski definition) is 4. The van der Waals surface area contributed by atoms with Gasteiger partial charge in [-0.15, -0.1) is 0 Å². The van der Waals surface area contributed by atoms with Crippen LogP contribution in [0.15, 0.2) is 40.1 Å². The lowest BCUT2D eigenvalue weighted by molar-refractivity contribution is 0.146. The lowest BCUT2D eigenvalue weighted by Gasteiger charge is -2.19. The Bertz CT molecular complexity index is 1330. The van der Waals surface area contributed by atoms with Crippen LogP contribution >= 0.6 is 0 Å². The molecular formula is C23H23F3N4O2. The molecule has 2 heterocycles. The van der Waals surface area contributed by atoms with Crippen molar-refractivity contribution in [1.82, 2.24) is 14.3 Å². The van der Waals surface area contributed by atoms with Gasteiger partial charge in [-0.2, -0.15) is 5.10 Å². The molecule has 2 aromatic heterocycles. The summed E-state index contributed by atoms with van der Waals surface area (Å²) in [6.45, 7) is 1.63. The Balaban J connectivity index is 1.56. The maximum absolute atomic E-state index is 14.6. The largest absolute Gasteiger partial charge is 0.361 e. The molecule has 1 unspecified atom stereocenters. The molecule has 3 aromatic rings. The fourth-order valence-electron chi connectivity index (χ4n) is 4.61. The van der Waals surface area contributed by atoms with Crippen molar-refractivity contribution >= 4 is 16.6 Å². The molecule has 2 aliphatic rings. The van der Waals surface area contributed by atoms with E-state index in [1.54, 1.807) is 17.7 Å². The fourth-order valence-corrected chi connectivity index (χ4v) is 4.61. The van der Waals surface area contributed by atoms with Gasteiger partial charge in [0.05, 0.1) is 17.0 Å². The number of fused-ring (bicyclic) bond motifs is 1. The molecule has 0 saturated heterocycles. The van der Waals surface area contributed by atoms with Crippen molar-refractivity contribution in [2.75, 3.05) is 5.32 Å². The molecule has 0 radical (unpaired) electrons. The number of pyridine rings is 1. The third kappa shape index (κ3) is 3.49. The molecular weight excluding hydrogens is 421 g/mol. The Morgan fingerprint density at radius 1 is 1.16 bits per heavy atom. The van der Waals surface area contributed by atoms with Crippen LogP contribution in [-0.4, -0.2) is 14.3 Å². The number of alkyl halides is 2. The van der Waals surface area contributed by atoms with Gasteiger partial charge in [0.25, 0.3) is 17.5 Å². The van der Waals surface area contributed by atoms with Crippen molar-refractivity contribution in [1.29, 1.82) is 0 Å². The van der Waals surface area contributed by atoms with E-state index in [4.69, 9.17) is 0 Å². The van der Waals surface area contributed by atoms with Gasteiger partial charge in [-0.1, -0.05) is 18.2 Å². The van der Waals surface area contributed by atoms with Crippen molar-refractivity contribution in [3.05, 3.63) is 68.1 Å². The van der Waals surface area contributed by atoms with E-state index in [2.05, 4.69) is 10.4 Å². The van der Waals surface area contributed by atoms with Crippen LogP contribution < -0.4 is 16.4 Å². The monoisotopic (exact) mass is 444 g/mol. The van der Waals surface area contributed by atoms with Crippen LogP contribution in [0, 0.1) is 17.7 Å². The van der Waals surface area contributed by atoms with Crippen molar-refractivity contribution in [2.24, 2.45) is 18.9 Å². The Labute approximate surface area is 181 Å². The minimum Gasteiger partial charge on any atom is -0.361 e. The third-order valence-electron chi connectivity index (χ3n) is 6.61. The number of aromatic nitrogens is 3. The average Bonchev–Trinajstić information content (AvgIpc) is 3.64. The SMILES string of the molecule is CC(Nc1nn(C)c(=O)c2cc(=O)n([C@@H]3C[C@H]3C3CC3)cc12)c1cccc(C(F)F)c1F. The lowest BCUT2D eigenvalue weighted by atomic mass is 10.0. The first-order valence-electron chi connectivity index (χ1n) is 10.7. The summed E-state index contributed by atoms with van der Waals surface area (Å²) in [5.74, 6) is 0.478. The molecule has 2 saturated carbocycles. The number of hydrogen-bond donors (Lipinski definition) is 1. The second kappa shape index (κ2) is 7.50. The van der Waals surface area contributed by atoms with Crippen LogP contribution in [0.1, 0.15) is 55.8 Å². The summed E-state index contributed by atoms with van der Waals surface area (Å²) in [5.41, 5.74) is -1.24. The molecule has 0 amide bonds. The molecule has 0 spiro atoms. The van der Waals surface area contributed by atoms with E-state index in [9.17, 15) is 22.8 Å². The lowest BCUT2D eigenvalue weighted by Crippen LogP contribution is -2.26. The average molecular weight is 444 g/mol. The smallest absolute Gasteiger partial charge is 0.274 e. The Kier molecular flexibility index (Phi) is 4.87. The first-order valence-corrected chi connectivity index (χ1v) is 10.7. The van der Waals surface area contributed by atoms with Gasteiger partial charge in [0, 0.05) is 36.3 Å². The molecule has 0 bridgehead atoms. The van der Waals surface area contributed by atoms with Gasteiger partial charge in [-0.3, -0.25) is 9.59 Å². The zero-order valence-electron chi connectivity index (χ0n) is 17.7. The van der Waals surface area contributed by atoms with E-state index in [1.807, 2.05) is 0 Å². The van der Waals surface area contributed by atoms with Gasteiger partial charge in [0.2, 0.25) is 0 Å². The first kappa shape index (κ1) is 20.8. The normalized spacial score (nSPS) is 21.2. The number of anilines is 1. The second-order valence-electron chi connectivity index (χ2n) is 8.85. The van der Waals surface area contributed by atoms with E-state index in [1.165, 1.54) is 38.1 Å². The molecule has 0 aliphatic heterocycles. The maximum Gasteiger partial charge on any atom is 0.274 e. The zero-order valence-corrected chi connectivity index (χ0v) is 17.7. The van der Waals surface area contributed by atoms with Gasteiger partial charge < -0.3 is 9.88 Å². The topological polar surface area (TPSA) is 68.9 Å². The molecule has 2 fully saturated rings. The predicted molar refractivity (Wildman–Crippen MR) is 115 cm³/mol. The van der Waals surface area contributed by atoms with E-state index < -0.39 is 29.4 Å². The standard InChI is InChI=1S/C23H23F3N4O2/c1-11(13-4-3-5-14(20(13)24)21(25)26)27-22-17-10-30(18-8-15(18)12-6-7-12)19(31)9-16(17)23(32)29(2)28-22/h3-5,9-12,15,18,21H,6-8H2,1-2H3,(H,27,28)/t11?,15-,18+/m0/s1. The molecule has 32 heavy (non-hydrogen) atoms. The first-order chi connectivity index (χ1) is 15.3. The Morgan fingerprint density at radius 3 is 2.56 bits per heavy atom. The van der Waals surface area contributed by atoms with Gasteiger partial charge in [-0.25, -0.2) is 17.9 Å². The van der Waals surface area contributed by atoms with Crippen molar-refractivity contribution < 1.29 is 13.2 Å². The van der Waals surface area contributed by atoms with E-state index >= 15 is 0 Å². The summed E-state index contributed by atoms with van der Waals surface area (Å²) in [6, 6.07) is 4.61. The summed E-state index contributed by atoms with van der Waals surface area (Å²) in [4.78, 5) is 25.3. The van der Waals surface area contributed by atoms with Crippen LogP contribution in [0.4, 0.5) is 19.0 Å². The molecule has 1 aromatic carbocycles. The third-order valence-corrected chi connectivity index (χ3v) is 6.61. The van der Waals surface area contributed by atoms with Crippen LogP contribution in [0.5, 0.6) is 0 Å². The van der Waals surface area contributed by atoms with E-state index in [-0.39, 0.29) is 28.4 Å². The summed E-state index contributed by atoms with van der Waals surface area (Å²) in [7, 11) is 1.46. The molecule has 6 nitrogen and oxygen atoms in total. The maximum atomic E-state index is 14.6. The van der Waals surface area contributed by atoms with Gasteiger partial charge in [0.1, 0.15) is 5.82 Å². The highest BCUT2D eigenvalue weighted by Crippen LogP contribution is 2.56. The van der Waals surface area contributed by atoms with Crippen LogP contribution in [0.2, 0.25) is 0 Å². The van der Waals surface area contributed by atoms with Crippen LogP contribution in [0.3, 0.4) is 0 Å². The highest BCUT2D eigenvalue weighted by atomic mass is 19.3. The molecule has 2 aliphatic carbocycles. The minimum absolute atomic E-state index is 0.0657. The molecule has 5 rings (SSSR count). The van der Waals surface area contributed by atoms with Gasteiger partial charge in [0.15, 0.2) is 5.82 Å². The highest BCUT2D eigenvalue weighted by Gasteiger charge is 2.48. The van der Waals surface area contributed by atoms with Crippen LogP contribution in [-0.2, 0) is 7.05 Å². The summed E-state index contributed by atoms with van der Waals surface area (Å²) < 4.78 is 43.7. The van der Waals surface area contributed by atoms with Gasteiger partial charge >= 0.3 is 0 Å². The number of benzene rings is 1. The Morgan fingerprint density at radius 2 is 1.88 bits per heavy atom. The molecule has 168 valence electrons. The van der Waals surface area contributed by atoms with E-state index in [0.29, 0.717) is 17.2 Å². The molecule has 1 N–H and O–H groups in total. The Hall–Kier alpha value is -3.10. The highest BCUT2D eigenvalue weighted by molar-refractivity contribution is 5.90. The second-order valence-corrected chi connectivity index (χ2v) is 8.85. The quantitative estimate of drug-likeness (QED) is 0.615. The predicted octanol–water partition coefficient (Wildman–Crippen LogP) is 4.32. The summed E-state index contributed by atoms with van der Waals surface area (Å²) in [5, 5.41) is 8.00. The van der Waals surface area contributed by atoms with Crippen molar-refractivity contribution in [3.63, 3.8) is 0 Å². The molecule has 3 atom stereocenters.